The zero-order valence-corrected chi connectivity index (χ0v) is 12.5. The summed E-state index contributed by atoms with van der Waals surface area (Å²) in [6, 6.07) is 2.45. The number of phenolic OH excluding ortho intramolecular Hbond substituents is 1. The van der Waals surface area contributed by atoms with E-state index in [1.807, 2.05) is 0 Å². The molecule has 120 valence electrons. The summed E-state index contributed by atoms with van der Waals surface area (Å²) >= 11 is 0. The third kappa shape index (κ3) is 2.52. The molecule has 1 heterocycles. The summed E-state index contributed by atoms with van der Waals surface area (Å²) in [6.07, 6.45) is 1.75. The van der Waals surface area contributed by atoms with Gasteiger partial charge in [0.15, 0.2) is 5.76 Å². The Labute approximate surface area is 130 Å². The van der Waals surface area contributed by atoms with Crippen LogP contribution in [0.4, 0.5) is 5.69 Å². The van der Waals surface area contributed by atoms with Crippen LogP contribution in [0.2, 0.25) is 0 Å². The highest BCUT2D eigenvalue weighted by molar-refractivity contribution is 5.98. The van der Waals surface area contributed by atoms with E-state index in [-0.39, 0.29) is 34.2 Å². The third-order valence-corrected chi connectivity index (χ3v) is 3.82. The van der Waals surface area contributed by atoms with Gasteiger partial charge in [-0.2, -0.15) is 0 Å². The summed E-state index contributed by atoms with van der Waals surface area (Å²) < 4.78 is 10.0. The predicted molar refractivity (Wildman–Crippen MR) is 78.3 cm³/mol. The highest BCUT2D eigenvalue weighted by atomic mass is 16.6. The predicted octanol–water partition coefficient (Wildman–Crippen LogP) is 2.93. The van der Waals surface area contributed by atoms with Crippen LogP contribution in [0.15, 0.2) is 16.7 Å². The van der Waals surface area contributed by atoms with Gasteiger partial charge >= 0.3 is 5.97 Å². The first kappa shape index (κ1) is 15.0. The average Bonchev–Trinajstić information content (AvgIpc) is 3.25. The van der Waals surface area contributed by atoms with Crippen molar-refractivity contribution >= 4 is 11.7 Å². The van der Waals surface area contributed by atoms with Crippen LogP contribution < -0.4 is 0 Å². The van der Waals surface area contributed by atoms with E-state index in [0.29, 0.717) is 11.3 Å². The van der Waals surface area contributed by atoms with Crippen LogP contribution in [0.3, 0.4) is 0 Å². The molecule has 1 aromatic carbocycles. The summed E-state index contributed by atoms with van der Waals surface area (Å²) in [7, 11) is 1.23. The maximum atomic E-state index is 12.1. The van der Waals surface area contributed by atoms with Crippen LogP contribution in [-0.2, 0) is 4.74 Å². The normalized spacial score (nSPS) is 13.8. The Balaban J connectivity index is 2.21. The van der Waals surface area contributed by atoms with Gasteiger partial charge in [0.2, 0.25) is 0 Å². The molecule has 0 amide bonds. The third-order valence-electron chi connectivity index (χ3n) is 3.82. The lowest BCUT2D eigenvalue weighted by Gasteiger charge is -2.06. The molecule has 0 spiro atoms. The maximum Gasteiger partial charge on any atom is 0.343 e. The standard InChI is InChI=1S/C15H14N2O6/c1-7-5-11(18)9(6-10(7)17(20)21)13-12(15(19)22-2)14(23-16-13)8-3-4-8/h5-6,8,18H,3-4H2,1-2H3. The molecule has 0 unspecified atom stereocenters. The van der Waals surface area contributed by atoms with Crippen molar-refractivity contribution in [2.45, 2.75) is 25.7 Å². The zero-order chi connectivity index (χ0) is 16.7. The molecular weight excluding hydrogens is 304 g/mol. The molecule has 8 nitrogen and oxygen atoms in total. The number of phenols is 1. The quantitative estimate of drug-likeness (QED) is 0.523. The van der Waals surface area contributed by atoms with Gasteiger partial charge in [-0.15, -0.1) is 0 Å². The smallest absolute Gasteiger partial charge is 0.343 e. The van der Waals surface area contributed by atoms with Crippen molar-refractivity contribution in [3.05, 3.63) is 39.1 Å². The van der Waals surface area contributed by atoms with Crippen molar-refractivity contribution in [2.24, 2.45) is 0 Å². The first-order chi connectivity index (χ1) is 10.9. The Morgan fingerprint density at radius 3 is 2.74 bits per heavy atom. The van der Waals surface area contributed by atoms with Crippen molar-refractivity contribution in [3.8, 4) is 17.0 Å². The monoisotopic (exact) mass is 318 g/mol. The number of benzene rings is 1. The molecule has 1 saturated carbocycles. The van der Waals surface area contributed by atoms with Crippen molar-refractivity contribution in [1.82, 2.24) is 5.16 Å². The van der Waals surface area contributed by atoms with Crippen LogP contribution in [0, 0.1) is 17.0 Å². The molecule has 0 radical (unpaired) electrons. The van der Waals surface area contributed by atoms with E-state index in [0.717, 1.165) is 12.8 Å². The summed E-state index contributed by atoms with van der Waals surface area (Å²) in [5.41, 5.74) is 0.368. The molecule has 1 fully saturated rings. The number of nitro benzene ring substituents is 1. The number of aromatic nitrogens is 1. The molecule has 3 rings (SSSR count). The fraction of sp³-hybridized carbons (Fsp3) is 0.333. The van der Waals surface area contributed by atoms with Gasteiger partial charge in [-0.25, -0.2) is 4.79 Å². The Morgan fingerprint density at radius 1 is 1.48 bits per heavy atom. The first-order valence-electron chi connectivity index (χ1n) is 7.00. The molecule has 0 aliphatic heterocycles. The second kappa shape index (κ2) is 5.38. The topological polar surface area (TPSA) is 116 Å². The zero-order valence-electron chi connectivity index (χ0n) is 12.5. The van der Waals surface area contributed by atoms with Gasteiger partial charge in [0, 0.05) is 17.5 Å². The van der Waals surface area contributed by atoms with Crippen LogP contribution in [-0.4, -0.2) is 28.3 Å². The molecule has 0 bridgehead atoms. The second-order valence-electron chi connectivity index (χ2n) is 5.45. The van der Waals surface area contributed by atoms with E-state index in [1.165, 1.54) is 26.2 Å². The number of carbonyl (C=O) groups is 1. The second-order valence-corrected chi connectivity index (χ2v) is 5.45. The molecule has 23 heavy (non-hydrogen) atoms. The lowest BCUT2D eigenvalue weighted by Crippen LogP contribution is -2.05. The Kier molecular flexibility index (Phi) is 3.51. The number of hydrogen-bond acceptors (Lipinski definition) is 7. The van der Waals surface area contributed by atoms with Crippen LogP contribution in [0.25, 0.3) is 11.3 Å². The van der Waals surface area contributed by atoms with E-state index in [4.69, 9.17) is 9.26 Å². The number of hydrogen-bond donors (Lipinski definition) is 1. The number of nitro groups is 1. The highest BCUT2D eigenvalue weighted by Crippen LogP contribution is 2.45. The number of aryl methyl sites for hydroxylation is 1. The average molecular weight is 318 g/mol. The summed E-state index contributed by atoms with van der Waals surface area (Å²) in [5.74, 6) is -0.373. The lowest BCUT2D eigenvalue weighted by molar-refractivity contribution is -0.385. The molecule has 0 saturated heterocycles. The van der Waals surface area contributed by atoms with E-state index in [1.54, 1.807) is 0 Å². The van der Waals surface area contributed by atoms with Crippen molar-refractivity contribution in [2.75, 3.05) is 7.11 Å². The van der Waals surface area contributed by atoms with E-state index in [2.05, 4.69) is 5.16 Å². The van der Waals surface area contributed by atoms with E-state index in [9.17, 15) is 20.0 Å². The minimum atomic E-state index is -0.647. The number of rotatable bonds is 4. The van der Waals surface area contributed by atoms with Gasteiger partial charge in [0.25, 0.3) is 5.69 Å². The van der Waals surface area contributed by atoms with Gasteiger partial charge in [-0.1, -0.05) is 5.16 Å². The minimum Gasteiger partial charge on any atom is -0.507 e. The van der Waals surface area contributed by atoms with Gasteiger partial charge in [-0.3, -0.25) is 10.1 Å². The summed E-state index contributed by atoms with van der Waals surface area (Å²) in [4.78, 5) is 22.6. The molecule has 0 atom stereocenters. The summed E-state index contributed by atoms with van der Waals surface area (Å²) in [5, 5.41) is 25.1. The van der Waals surface area contributed by atoms with Crippen molar-refractivity contribution in [3.63, 3.8) is 0 Å². The number of esters is 1. The molecular formula is C15H14N2O6. The van der Waals surface area contributed by atoms with Crippen LogP contribution >= 0.6 is 0 Å². The fourth-order valence-electron chi connectivity index (χ4n) is 2.48. The van der Waals surface area contributed by atoms with Crippen LogP contribution in [0.5, 0.6) is 5.75 Å². The van der Waals surface area contributed by atoms with Crippen molar-refractivity contribution < 1.29 is 24.1 Å². The van der Waals surface area contributed by atoms with E-state index >= 15 is 0 Å². The van der Waals surface area contributed by atoms with Gasteiger partial charge in [-0.05, 0) is 25.8 Å². The Morgan fingerprint density at radius 2 is 2.17 bits per heavy atom. The van der Waals surface area contributed by atoms with Crippen LogP contribution in [0.1, 0.15) is 40.4 Å². The Bertz CT molecular complexity index is 807. The molecule has 8 heteroatoms. The number of aromatic hydroxyl groups is 1. The largest absolute Gasteiger partial charge is 0.507 e. The molecule has 1 aliphatic carbocycles. The molecule has 1 aliphatic rings. The number of carbonyl (C=O) groups excluding carboxylic acids is 1. The lowest BCUT2D eigenvalue weighted by atomic mass is 10.0. The molecule has 1 aromatic heterocycles. The Hall–Kier alpha value is -2.90. The SMILES string of the molecule is COC(=O)c1c(-c2cc([N+](=O)[O-])c(C)cc2O)noc1C1CC1. The van der Waals surface area contributed by atoms with Gasteiger partial charge in [0.05, 0.1) is 17.6 Å². The highest BCUT2D eigenvalue weighted by Gasteiger charge is 2.36. The number of methoxy groups -OCH3 is 1. The van der Waals surface area contributed by atoms with Crippen molar-refractivity contribution in [1.29, 1.82) is 0 Å². The minimum absolute atomic E-state index is 0.0550. The first-order valence-corrected chi connectivity index (χ1v) is 7.00. The molecule has 1 N–H and O–H groups in total. The van der Waals surface area contributed by atoms with Gasteiger partial charge < -0.3 is 14.4 Å². The van der Waals surface area contributed by atoms with E-state index < -0.39 is 10.9 Å². The maximum absolute atomic E-state index is 12.1. The fourth-order valence-corrected chi connectivity index (χ4v) is 2.48. The molecule has 2 aromatic rings. The number of nitrogens with zero attached hydrogens (tertiary/aromatic N) is 2. The summed E-state index contributed by atoms with van der Waals surface area (Å²) in [6.45, 7) is 1.52. The number of ether oxygens (including phenoxy) is 1. The van der Waals surface area contributed by atoms with Gasteiger partial charge in [0.1, 0.15) is 17.0 Å².